The lowest BCUT2D eigenvalue weighted by molar-refractivity contribution is 0.504. The summed E-state index contributed by atoms with van der Waals surface area (Å²) in [7, 11) is 1.89. The van der Waals surface area contributed by atoms with E-state index in [-0.39, 0.29) is 16.9 Å². The van der Waals surface area contributed by atoms with Gasteiger partial charge >= 0.3 is 0 Å². The molecule has 0 bridgehead atoms. The van der Waals surface area contributed by atoms with Crippen molar-refractivity contribution in [1.29, 1.82) is 0 Å². The Bertz CT molecular complexity index is 390. The molecule has 94 valence electrons. The Morgan fingerprint density at radius 2 is 2.24 bits per heavy atom. The topological polar surface area (TPSA) is 12.0 Å². The minimum Gasteiger partial charge on any atom is -0.317 e. The molecule has 17 heavy (non-hydrogen) atoms. The minimum absolute atomic E-state index is 0.192. The maximum Gasteiger partial charge on any atom is 0.145 e. The first kappa shape index (κ1) is 14.2. The van der Waals surface area contributed by atoms with Gasteiger partial charge in [-0.25, -0.2) is 4.39 Å². The van der Waals surface area contributed by atoms with E-state index < -0.39 is 0 Å². The van der Waals surface area contributed by atoms with Crippen LogP contribution in [0.1, 0.15) is 25.3 Å². The molecule has 1 atom stereocenters. The van der Waals surface area contributed by atoms with Crippen molar-refractivity contribution < 1.29 is 4.39 Å². The third kappa shape index (κ3) is 4.49. The van der Waals surface area contributed by atoms with Gasteiger partial charge in [-0.3, -0.25) is 0 Å². The van der Waals surface area contributed by atoms with E-state index in [9.17, 15) is 4.39 Å². The van der Waals surface area contributed by atoms with Crippen molar-refractivity contribution >= 4 is 11.6 Å². The van der Waals surface area contributed by atoms with Crippen LogP contribution in [0, 0.1) is 5.82 Å². The van der Waals surface area contributed by atoms with Gasteiger partial charge in [0.1, 0.15) is 5.82 Å². The molecule has 0 saturated heterocycles. The average molecular weight is 256 g/mol. The lowest BCUT2D eigenvalue weighted by Crippen LogP contribution is -2.28. The summed E-state index contributed by atoms with van der Waals surface area (Å²) >= 11 is 5.76. The molecule has 0 aliphatic heterocycles. The van der Waals surface area contributed by atoms with Crippen molar-refractivity contribution in [3.05, 3.63) is 46.8 Å². The van der Waals surface area contributed by atoms with Crippen LogP contribution < -0.4 is 5.32 Å². The van der Waals surface area contributed by atoms with Crippen molar-refractivity contribution in [3.63, 3.8) is 0 Å². The fourth-order valence-electron chi connectivity index (χ4n) is 1.74. The summed E-state index contributed by atoms with van der Waals surface area (Å²) in [5, 5.41) is 3.39. The van der Waals surface area contributed by atoms with Crippen LogP contribution in [-0.4, -0.2) is 13.1 Å². The second-order valence-corrected chi connectivity index (χ2v) is 4.81. The van der Waals surface area contributed by atoms with Crippen LogP contribution in [0.2, 0.25) is 5.02 Å². The predicted molar refractivity (Wildman–Crippen MR) is 72.0 cm³/mol. The van der Waals surface area contributed by atoms with Crippen LogP contribution in [0.3, 0.4) is 0 Å². The molecule has 0 radical (unpaired) electrons. The van der Waals surface area contributed by atoms with Crippen LogP contribution in [0.4, 0.5) is 4.39 Å². The average Bonchev–Trinajstić information content (AvgIpc) is 2.29. The molecule has 1 unspecified atom stereocenters. The first-order valence-corrected chi connectivity index (χ1v) is 6.17. The van der Waals surface area contributed by atoms with Gasteiger partial charge in [0.05, 0.1) is 5.02 Å². The molecular formula is C14H19ClFN. The van der Waals surface area contributed by atoms with Crippen LogP contribution in [0.5, 0.6) is 0 Å². The van der Waals surface area contributed by atoms with E-state index in [1.165, 1.54) is 0 Å². The first-order chi connectivity index (χ1) is 8.04. The van der Waals surface area contributed by atoms with Crippen LogP contribution in [-0.2, 0) is 6.42 Å². The highest BCUT2D eigenvalue weighted by atomic mass is 35.5. The number of hydrogen-bond donors (Lipinski definition) is 1. The number of halogens is 2. The number of hydrogen-bond acceptors (Lipinski definition) is 1. The number of allylic oxidation sites excluding steroid dienone is 1. The van der Waals surface area contributed by atoms with Crippen LogP contribution in [0.25, 0.3) is 0 Å². The molecule has 1 aromatic carbocycles. The maximum atomic E-state index is 13.7. The molecule has 1 aromatic rings. The van der Waals surface area contributed by atoms with E-state index in [0.717, 1.165) is 18.4 Å². The Labute approximate surface area is 108 Å². The van der Waals surface area contributed by atoms with Crippen molar-refractivity contribution in [3.8, 4) is 0 Å². The highest BCUT2D eigenvalue weighted by Crippen LogP contribution is 2.20. The summed E-state index contributed by atoms with van der Waals surface area (Å²) in [5.41, 5.74) is 1.82. The van der Waals surface area contributed by atoms with Crippen molar-refractivity contribution in [2.24, 2.45) is 0 Å². The van der Waals surface area contributed by atoms with Gasteiger partial charge in [-0.1, -0.05) is 29.3 Å². The molecule has 0 heterocycles. The largest absolute Gasteiger partial charge is 0.317 e. The Hall–Kier alpha value is -0.860. The van der Waals surface area contributed by atoms with Gasteiger partial charge in [-0.05, 0) is 44.9 Å². The van der Waals surface area contributed by atoms with Crippen LogP contribution in [0.15, 0.2) is 30.4 Å². The molecule has 0 aliphatic carbocycles. The number of likely N-dealkylation sites (N-methyl/N-ethyl adjacent to an activating group) is 1. The van der Waals surface area contributed by atoms with E-state index in [0.29, 0.717) is 12.0 Å². The minimum atomic E-state index is -0.301. The molecule has 0 amide bonds. The van der Waals surface area contributed by atoms with Crippen molar-refractivity contribution in [2.75, 3.05) is 7.05 Å². The summed E-state index contributed by atoms with van der Waals surface area (Å²) < 4.78 is 13.7. The molecule has 3 heteroatoms. The molecule has 0 spiro atoms. The summed E-state index contributed by atoms with van der Waals surface area (Å²) in [5.74, 6) is -0.301. The second kappa shape index (κ2) is 6.77. The van der Waals surface area contributed by atoms with E-state index in [1.807, 2.05) is 14.0 Å². The van der Waals surface area contributed by atoms with Gasteiger partial charge in [-0.15, -0.1) is 6.58 Å². The molecule has 0 aromatic heterocycles. The predicted octanol–water partition coefficient (Wildman–Crippen LogP) is 3.97. The monoisotopic (exact) mass is 255 g/mol. The second-order valence-electron chi connectivity index (χ2n) is 4.40. The fraction of sp³-hybridized carbons (Fsp3) is 0.429. The SMILES string of the molecule is C=C(C)CCC(Cc1cccc(Cl)c1F)NC. The molecule has 1 rings (SSSR count). The van der Waals surface area contributed by atoms with E-state index in [1.54, 1.807) is 18.2 Å². The van der Waals surface area contributed by atoms with Gasteiger partial charge in [0.15, 0.2) is 0 Å². The third-order valence-electron chi connectivity index (χ3n) is 2.83. The van der Waals surface area contributed by atoms with Gasteiger partial charge in [0, 0.05) is 6.04 Å². The summed E-state index contributed by atoms with van der Waals surface area (Å²) in [6.45, 7) is 5.88. The molecule has 0 fully saturated rings. The Kier molecular flexibility index (Phi) is 5.66. The Balaban J connectivity index is 2.67. The fourth-order valence-corrected chi connectivity index (χ4v) is 1.93. The quantitative estimate of drug-likeness (QED) is 0.759. The first-order valence-electron chi connectivity index (χ1n) is 5.79. The molecule has 0 saturated carbocycles. The summed E-state index contributed by atoms with van der Waals surface area (Å²) in [6.07, 6.45) is 2.56. The summed E-state index contributed by atoms with van der Waals surface area (Å²) in [4.78, 5) is 0. The zero-order valence-corrected chi connectivity index (χ0v) is 11.1. The smallest absolute Gasteiger partial charge is 0.145 e. The van der Waals surface area contributed by atoms with Gasteiger partial charge in [0.2, 0.25) is 0 Å². The van der Waals surface area contributed by atoms with Crippen LogP contribution >= 0.6 is 11.6 Å². The lowest BCUT2D eigenvalue weighted by Gasteiger charge is -2.16. The zero-order chi connectivity index (χ0) is 12.8. The van der Waals surface area contributed by atoms with Gasteiger partial charge < -0.3 is 5.32 Å². The standard InChI is InChI=1S/C14H19ClFN/c1-10(2)7-8-12(17-3)9-11-5-4-6-13(15)14(11)16/h4-6,12,17H,1,7-9H2,2-3H3. The number of rotatable bonds is 6. The molecule has 0 aliphatic rings. The Morgan fingerprint density at radius 3 is 2.82 bits per heavy atom. The van der Waals surface area contributed by atoms with E-state index >= 15 is 0 Å². The van der Waals surface area contributed by atoms with Gasteiger partial charge in [0.25, 0.3) is 0 Å². The highest BCUT2D eigenvalue weighted by Gasteiger charge is 2.12. The van der Waals surface area contributed by atoms with E-state index in [2.05, 4.69) is 11.9 Å². The number of benzene rings is 1. The van der Waals surface area contributed by atoms with Crippen molar-refractivity contribution in [2.45, 2.75) is 32.2 Å². The lowest BCUT2D eigenvalue weighted by atomic mass is 10.00. The number of nitrogens with one attached hydrogen (secondary N) is 1. The van der Waals surface area contributed by atoms with Crippen molar-refractivity contribution in [1.82, 2.24) is 5.32 Å². The summed E-state index contributed by atoms with van der Waals surface area (Å²) in [6, 6.07) is 5.39. The Morgan fingerprint density at radius 1 is 1.53 bits per heavy atom. The zero-order valence-electron chi connectivity index (χ0n) is 10.4. The molecule has 1 nitrogen and oxygen atoms in total. The normalized spacial score (nSPS) is 12.5. The molecule has 1 N–H and O–H groups in total. The van der Waals surface area contributed by atoms with E-state index in [4.69, 9.17) is 11.6 Å². The maximum absolute atomic E-state index is 13.7. The van der Waals surface area contributed by atoms with Gasteiger partial charge in [-0.2, -0.15) is 0 Å². The highest BCUT2D eigenvalue weighted by molar-refractivity contribution is 6.30. The molecular weight excluding hydrogens is 237 g/mol. The third-order valence-corrected chi connectivity index (χ3v) is 3.12.